The molecular formula is C14H27ClN2O3. The zero-order valence-electron chi connectivity index (χ0n) is 12.2. The number of carbonyl (C=O) groups is 1. The Kier molecular flexibility index (Phi) is 8.45. The van der Waals surface area contributed by atoms with E-state index in [0.29, 0.717) is 6.61 Å². The third kappa shape index (κ3) is 5.95. The lowest BCUT2D eigenvalue weighted by Crippen LogP contribution is -2.49. The van der Waals surface area contributed by atoms with E-state index in [4.69, 9.17) is 9.47 Å². The summed E-state index contributed by atoms with van der Waals surface area (Å²) in [6.07, 6.45) is 5.32. The highest BCUT2D eigenvalue weighted by atomic mass is 35.5. The molecule has 2 fully saturated rings. The molecule has 2 aliphatic rings. The highest BCUT2D eigenvalue weighted by molar-refractivity contribution is 5.85. The Hall–Kier alpha value is -0.360. The summed E-state index contributed by atoms with van der Waals surface area (Å²) in [6, 6.07) is 0.248. The van der Waals surface area contributed by atoms with Crippen molar-refractivity contribution < 1.29 is 14.3 Å². The van der Waals surface area contributed by atoms with E-state index in [-0.39, 0.29) is 30.5 Å². The molecule has 0 spiro atoms. The summed E-state index contributed by atoms with van der Waals surface area (Å²) in [7, 11) is 0. The lowest BCUT2D eigenvalue weighted by molar-refractivity contribution is -0.136. The number of rotatable bonds is 5. The molecule has 0 aliphatic carbocycles. The van der Waals surface area contributed by atoms with Crippen LogP contribution >= 0.6 is 12.4 Å². The number of carbonyl (C=O) groups excluding carboxylic acids is 1. The van der Waals surface area contributed by atoms with Gasteiger partial charge in [-0.25, -0.2) is 0 Å². The van der Waals surface area contributed by atoms with Crippen LogP contribution in [0.25, 0.3) is 0 Å². The van der Waals surface area contributed by atoms with Crippen LogP contribution in [-0.2, 0) is 14.3 Å². The predicted molar refractivity (Wildman–Crippen MR) is 80.3 cm³/mol. The van der Waals surface area contributed by atoms with Crippen LogP contribution in [0.2, 0.25) is 0 Å². The van der Waals surface area contributed by atoms with Gasteiger partial charge in [-0.3, -0.25) is 4.79 Å². The van der Waals surface area contributed by atoms with E-state index in [0.717, 1.165) is 45.4 Å². The van der Waals surface area contributed by atoms with Crippen molar-refractivity contribution >= 4 is 18.3 Å². The number of hydrogen-bond acceptors (Lipinski definition) is 4. The molecule has 2 aliphatic heterocycles. The van der Waals surface area contributed by atoms with Gasteiger partial charge in [0.2, 0.25) is 5.91 Å². The van der Waals surface area contributed by atoms with Crippen molar-refractivity contribution in [1.29, 1.82) is 0 Å². The summed E-state index contributed by atoms with van der Waals surface area (Å²) in [6.45, 7) is 5.08. The van der Waals surface area contributed by atoms with Gasteiger partial charge in [0.05, 0.1) is 12.7 Å². The summed E-state index contributed by atoms with van der Waals surface area (Å²) in [5.41, 5.74) is 0. The van der Waals surface area contributed by atoms with Crippen molar-refractivity contribution in [2.45, 2.75) is 57.3 Å². The molecule has 2 N–H and O–H groups in total. The second kappa shape index (κ2) is 9.55. The van der Waals surface area contributed by atoms with Gasteiger partial charge in [0.15, 0.2) is 0 Å². The lowest BCUT2D eigenvalue weighted by Gasteiger charge is -2.27. The minimum atomic E-state index is -0.396. The van der Waals surface area contributed by atoms with Crippen molar-refractivity contribution in [3.63, 3.8) is 0 Å². The highest BCUT2D eigenvalue weighted by Crippen LogP contribution is 2.13. The van der Waals surface area contributed by atoms with E-state index in [1.54, 1.807) is 0 Å². The number of halogens is 1. The first-order valence-electron chi connectivity index (χ1n) is 7.50. The molecule has 1 amide bonds. The van der Waals surface area contributed by atoms with Crippen molar-refractivity contribution in [1.82, 2.24) is 10.6 Å². The largest absolute Gasteiger partial charge is 0.376 e. The van der Waals surface area contributed by atoms with Crippen molar-refractivity contribution in [2.24, 2.45) is 0 Å². The third-order valence-corrected chi connectivity index (χ3v) is 3.82. The molecule has 5 nitrogen and oxygen atoms in total. The van der Waals surface area contributed by atoms with Crippen LogP contribution in [-0.4, -0.2) is 50.5 Å². The number of nitrogens with one attached hydrogen (secondary N) is 2. The van der Waals surface area contributed by atoms with Crippen LogP contribution in [0.1, 0.15) is 39.0 Å². The highest BCUT2D eigenvalue weighted by Gasteiger charge is 2.21. The Bertz CT molecular complexity index is 280. The number of piperidine rings is 1. The third-order valence-electron chi connectivity index (χ3n) is 3.82. The van der Waals surface area contributed by atoms with Gasteiger partial charge in [-0.1, -0.05) is 0 Å². The number of hydrogen-bond donors (Lipinski definition) is 2. The fourth-order valence-corrected chi connectivity index (χ4v) is 2.56. The molecule has 2 rings (SSSR count). The molecule has 0 radical (unpaired) electrons. The van der Waals surface area contributed by atoms with Crippen LogP contribution in [0.3, 0.4) is 0 Å². The summed E-state index contributed by atoms with van der Waals surface area (Å²) >= 11 is 0. The quantitative estimate of drug-likeness (QED) is 0.802. The van der Waals surface area contributed by atoms with Gasteiger partial charge in [0, 0.05) is 19.2 Å². The van der Waals surface area contributed by atoms with Gasteiger partial charge >= 0.3 is 0 Å². The van der Waals surface area contributed by atoms with Crippen LogP contribution in [0.5, 0.6) is 0 Å². The maximum atomic E-state index is 12.0. The number of amides is 1. The van der Waals surface area contributed by atoms with Gasteiger partial charge in [-0.05, 0) is 45.6 Å². The molecule has 0 aromatic heterocycles. The van der Waals surface area contributed by atoms with E-state index in [9.17, 15) is 4.79 Å². The molecule has 3 atom stereocenters. The Balaban J connectivity index is 0.00000200. The Morgan fingerprint density at radius 1 is 1.40 bits per heavy atom. The fourth-order valence-electron chi connectivity index (χ4n) is 2.56. The standard InChI is InChI=1S/C14H26N2O3.ClH/c1-11(19-10-13-6-2-3-8-18-13)14(17)16-12-5-4-7-15-9-12;/h11-13,15H,2-10H2,1H3,(H,16,17);1H. The maximum Gasteiger partial charge on any atom is 0.249 e. The first kappa shape index (κ1) is 17.7. The molecule has 20 heavy (non-hydrogen) atoms. The van der Waals surface area contributed by atoms with E-state index >= 15 is 0 Å². The van der Waals surface area contributed by atoms with Crippen molar-refractivity contribution in [2.75, 3.05) is 26.3 Å². The van der Waals surface area contributed by atoms with Gasteiger partial charge in [-0.2, -0.15) is 0 Å². The molecule has 0 aromatic rings. The number of ether oxygens (including phenoxy) is 2. The minimum absolute atomic E-state index is 0. The summed E-state index contributed by atoms with van der Waals surface area (Å²) in [4.78, 5) is 12.0. The first-order valence-corrected chi connectivity index (χ1v) is 7.50. The van der Waals surface area contributed by atoms with E-state index < -0.39 is 6.10 Å². The Labute approximate surface area is 127 Å². The monoisotopic (exact) mass is 306 g/mol. The van der Waals surface area contributed by atoms with Gasteiger partial charge in [-0.15, -0.1) is 12.4 Å². The second-order valence-corrected chi connectivity index (χ2v) is 5.52. The first-order chi connectivity index (χ1) is 9.25. The summed E-state index contributed by atoms with van der Waals surface area (Å²) in [5.74, 6) is -0.00971. The molecular weight excluding hydrogens is 280 g/mol. The fraction of sp³-hybridized carbons (Fsp3) is 0.929. The summed E-state index contributed by atoms with van der Waals surface area (Å²) in [5, 5.41) is 6.33. The predicted octanol–water partition coefficient (Wildman–Crippen LogP) is 1.25. The Morgan fingerprint density at radius 2 is 2.25 bits per heavy atom. The molecule has 0 aromatic carbocycles. The zero-order valence-corrected chi connectivity index (χ0v) is 13.0. The van der Waals surface area contributed by atoms with Gasteiger partial charge in [0.25, 0.3) is 0 Å². The molecule has 3 unspecified atom stereocenters. The Morgan fingerprint density at radius 3 is 2.90 bits per heavy atom. The molecule has 0 saturated carbocycles. The van der Waals surface area contributed by atoms with E-state index in [1.807, 2.05) is 6.92 Å². The van der Waals surface area contributed by atoms with Gasteiger partial charge in [0.1, 0.15) is 6.10 Å². The normalized spacial score (nSPS) is 28.2. The van der Waals surface area contributed by atoms with E-state index in [2.05, 4.69) is 10.6 Å². The molecule has 118 valence electrons. The topological polar surface area (TPSA) is 59.6 Å². The molecule has 2 saturated heterocycles. The molecule has 2 heterocycles. The average molecular weight is 307 g/mol. The summed E-state index contributed by atoms with van der Waals surface area (Å²) < 4.78 is 11.2. The molecule has 6 heteroatoms. The maximum absolute atomic E-state index is 12.0. The SMILES string of the molecule is CC(OCC1CCCCO1)C(=O)NC1CCCNC1.Cl. The van der Waals surface area contributed by atoms with Crippen LogP contribution in [0, 0.1) is 0 Å². The van der Waals surface area contributed by atoms with Crippen LogP contribution in [0.4, 0.5) is 0 Å². The smallest absolute Gasteiger partial charge is 0.249 e. The van der Waals surface area contributed by atoms with Crippen LogP contribution < -0.4 is 10.6 Å². The average Bonchev–Trinajstić information content (AvgIpc) is 2.47. The van der Waals surface area contributed by atoms with E-state index in [1.165, 1.54) is 6.42 Å². The van der Waals surface area contributed by atoms with Crippen molar-refractivity contribution in [3.05, 3.63) is 0 Å². The zero-order chi connectivity index (χ0) is 13.5. The van der Waals surface area contributed by atoms with Gasteiger partial charge < -0.3 is 20.1 Å². The van der Waals surface area contributed by atoms with Crippen LogP contribution in [0.15, 0.2) is 0 Å². The second-order valence-electron chi connectivity index (χ2n) is 5.52. The van der Waals surface area contributed by atoms with Crippen molar-refractivity contribution in [3.8, 4) is 0 Å². The minimum Gasteiger partial charge on any atom is -0.376 e. The lowest BCUT2D eigenvalue weighted by atomic mass is 10.1. The molecule has 0 bridgehead atoms.